The molecule has 0 aliphatic rings. The smallest absolute Gasteiger partial charge is 0.275 e. The van der Waals surface area contributed by atoms with Crippen molar-refractivity contribution in [3.8, 4) is 11.8 Å². The SMILES string of the molecule is COc1ccccc1N(CCC#N)C(=O)Cn1nc(C(=O)[O-])c2ccccc2c1=O. The standard InChI is InChI=1S/C21H18N4O5/c1-30-17-10-5-4-9-16(17)24(12-6-11-22)18(26)13-25-20(27)15-8-3-2-7-14(15)19(23-25)21(28)29/h2-5,7-10H,6,12-13H2,1H3,(H,28,29)/p-1. The summed E-state index contributed by atoms with van der Waals surface area (Å²) in [5.41, 5.74) is -0.614. The lowest BCUT2D eigenvalue weighted by atomic mass is 10.1. The van der Waals surface area contributed by atoms with Gasteiger partial charge < -0.3 is 19.5 Å². The number of fused-ring (bicyclic) bond motifs is 1. The highest BCUT2D eigenvalue weighted by Gasteiger charge is 2.21. The summed E-state index contributed by atoms with van der Waals surface area (Å²) in [7, 11) is 1.45. The van der Waals surface area contributed by atoms with Crippen LogP contribution >= 0.6 is 0 Å². The summed E-state index contributed by atoms with van der Waals surface area (Å²) in [5.74, 6) is -1.69. The fourth-order valence-electron chi connectivity index (χ4n) is 3.10. The van der Waals surface area contributed by atoms with E-state index >= 15 is 0 Å². The van der Waals surface area contributed by atoms with Gasteiger partial charge in [0.15, 0.2) is 0 Å². The number of amides is 1. The first kappa shape index (κ1) is 20.5. The van der Waals surface area contributed by atoms with Crippen LogP contribution < -0.4 is 20.3 Å². The molecule has 30 heavy (non-hydrogen) atoms. The average Bonchev–Trinajstić information content (AvgIpc) is 2.76. The summed E-state index contributed by atoms with van der Waals surface area (Å²) in [6.07, 6.45) is 0.0497. The third kappa shape index (κ3) is 3.98. The highest BCUT2D eigenvalue weighted by Crippen LogP contribution is 2.28. The van der Waals surface area contributed by atoms with Gasteiger partial charge in [-0.2, -0.15) is 10.4 Å². The Bertz CT molecular complexity index is 1210. The van der Waals surface area contributed by atoms with E-state index in [1.165, 1.54) is 24.1 Å². The fraction of sp³-hybridized carbons (Fsp3) is 0.190. The molecule has 152 valence electrons. The first-order chi connectivity index (χ1) is 14.5. The van der Waals surface area contributed by atoms with E-state index in [0.717, 1.165) is 4.68 Å². The topological polar surface area (TPSA) is 128 Å². The first-order valence-corrected chi connectivity index (χ1v) is 8.99. The zero-order valence-corrected chi connectivity index (χ0v) is 16.1. The summed E-state index contributed by atoms with van der Waals surface area (Å²) in [6.45, 7) is -0.460. The predicted molar refractivity (Wildman–Crippen MR) is 106 cm³/mol. The molecule has 0 aliphatic heterocycles. The molecule has 0 unspecified atom stereocenters. The van der Waals surface area contributed by atoms with Crippen molar-refractivity contribution in [3.63, 3.8) is 0 Å². The van der Waals surface area contributed by atoms with Crippen molar-refractivity contribution < 1.29 is 19.4 Å². The van der Waals surface area contributed by atoms with Crippen LogP contribution in [-0.4, -0.2) is 35.3 Å². The Balaban J connectivity index is 2.05. The number of aromatic carboxylic acids is 1. The molecule has 3 rings (SSSR count). The Morgan fingerprint density at radius 1 is 1.17 bits per heavy atom. The summed E-state index contributed by atoms with van der Waals surface area (Å²) in [5, 5.41) is 24.6. The Kier molecular flexibility index (Phi) is 6.08. The molecular formula is C21H17N4O5-. The lowest BCUT2D eigenvalue weighted by molar-refractivity contribution is -0.255. The van der Waals surface area contributed by atoms with Crippen LogP contribution in [0.5, 0.6) is 5.75 Å². The van der Waals surface area contributed by atoms with E-state index in [2.05, 4.69) is 5.10 Å². The van der Waals surface area contributed by atoms with E-state index in [-0.39, 0.29) is 23.7 Å². The van der Waals surface area contributed by atoms with Gasteiger partial charge >= 0.3 is 0 Å². The molecule has 0 saturated carbocycles. The van der Waals surface area contributed by atoms with Gasteiger partial charge in [-0.05, 0) is 18.2 Å². The van der Waals surface area contributed by atoms with Crippen molar-refractivity contribution in [2.24, 2.45) is 0 Å². The van der Waals surface area contributed by atoms with Crippen molar-refractivity contribution in [1.29, 1.82) is 5.26 Å². The van der Waals surface area contributed by atoms with Gasteiger partial charge in [-0.3, -0.25) is 9.59 Å². The Labute approximate surface area is 171 Å². The number of carboxylic acid groups (broad SMARTS) is 1. The molecular weight excluding hydrogens is 388 g/mol. The zero-order chi connectivity index (χ0) is 21.7. The number of rotatable bonds is 7. The quantitative estimate of drug-likeness (QED) is 0.566. The van der Waals surface area contributed by atoms with E-state index < -0.39 is 29.7 Å². The maximum atomic E-state index is 13.1. The second-order valence-corrected chi connectivity index (χ2v) is 6.27. The molecule has 0 bridgehead atoms. The number of hydrogen-bond acceptors (Lipinski definition) is 7. The van der Waals surface area contributed by atoms with Crippen LogP contribution in [0.1, 0.15) is 16.9 Å². The number of nitrogens with zero attached hydrogens (tertiary/aromatic N) is 4. The highest BCUT2D eigenvalue weighted by molar-refractivity contribution is 6.00. The van der Waals surface area contributed by atoms with E-state index in [1.54, 1.807) is 36.4 Å². The molecule has 9 nitrogen and oxygen atoms in total. The largest absolute Gasteiger partial charge is 0.543 e. The van der Waals surface area contributed by atoms with Crippen LogP contribution in [0.15, 0.2) is 53.3 Å². The summed E-state index contributed by atoms with van der Waals surface area (Å²) in [4.78, 5) is 38.6. The number of benzene rings is 2. The van der Waals surface area contributed by atoms with Crippen LogP contribution in [0.25, 0.3) is 10.8 Å². The van der Waals surface area contributed by atoms with Gasteiger partial charge in [-0.1, -0.05) is 30.3 Å². The second kappa shape index (κ2) is 8.87. The summed E-state index contributed by atoms with van der Waals surface area (Å²) >= 11 is 0. The fourth-order valence-corrected chi connectivity index (χ4v) is 3.10. The minimum atomic E-state index is -1.56. The third-order valence-electron chi connectivity index (χ3n) is 4.47. The lowest BCUT2D eigenvalue weighted by Gasteiger charge is -2.24. The number of methoxy groups -OCH3 is 1. The Morgan fingerprint density at radius 3 is 2.50 bits per heavy atom. The second-order valence-electron chi connectivity index (χ2n) is 6.27. The molecule has 1 heterocycles. The summed E-state index contributed by atoms with van der Waals surface area (Å²) in [6, 6.07) is 14.8. The van der Waals surface area contributed by atoms with Crippen LogP contribution in [-0.2, 0) is 11.3 Å². The molecule has 0 aliphatic carbocycles. The first-order valence-electron chi connectivity index (χ1n) is 8.99. The number of carboxylic acids is 1. The molecule has 2 aromatic carbocycles. The number of ether oxygens (including phenoxy) is 1. The van der Waals surface area contributed by atoms with Crippen molar-refractivity contribution in [1.82, 2.24) is 9.78 Å². The van der Waals surface area contributed by atoms with Gasteiger partial charge in [0, 0.05) is 11.9 Å². The van der Waals surface area contributed by atoms with Crippen molar-refractivity contribution in [2.75, 3.05) is 18.6 Å². The van der Waals surface area contributed by atoms with Crippen molar-refractivity contribution in [2.45, 2.75) is 13.0 Å². The van der Waals surface area contributed by atoms with Crippen molar-refractivity contribution >= 4 is 28.3 Å². The van der Waals surface area contributed by atoms with Gasteiger partial charge in [0.2, 0.25) is 5.91 Å². The molecule has 3 aromatic rings. The monoisotopic (exact) mass is 405 g/mol. The van der Waals surface area contributed by atoms with Gasteiger partial charge in [-0.25, -0.2) is 4.68 Å². The minimum Gasteiger partial charge on any atom is -0.543 e. The highest BCUT2D eigenvalue weighted by atomic mass is 16.5. The number of carbonyl (C=O) groups excluding carboxylic acids is 2. The number of para-hydroxylation sites is 2. The lowest BCUT2D eigenvalue weighted by Crippen LogP contribution is -2.39. The van der Waals surface area contributed by atoms with Gasteiger partial charge in [0.25, 0.3) is 5.56 Å². The molecule has 1 amide bonds. The maximum Gasteiger partial charge on any atom is 0.275 e. The molecule has 0 fully saturated rings. The van der Waals surface area contributed by atoms with E-state index in [1.807, 2.05) is 6.07 Å². The normalized spacial score (nSPS) is 10.4. The van der Waals surface area contributed by atoms with Gasteiger partial charge in [0.05, 0.1) is 36.6 Å². The molecule has 0 saturated heterocycles. The van der Waals surface area contributed by atoms with Crippen LogP contribution in [0.4, 0.5) is 5.69 Å². The van der Waals surface area contributed by atoms with Crippen LogP contribution in [0.3, 0.4) is 0 Å². The molecule has 0 atom stereocenters. The third-order valence-corrected chi connectivity index (χ3v) is 4.47. The number of anilines is 1. The van der Waals surface area contributed by atoms with E-state index in [0.29, 0.717) is 11.4 Å². The molecule has 0 radical (unpaired) electrons. The number of hydrogen-bond donors (Lipinski definition) is 0. The molecule has 1 aromatic heterocycles. The molecule has 9 heteroatoms. The van der Waals surface area contributed by atoms with Crippen molar-refractivity contribution in [3.05, 3.63) is 64.6 Å². The molecule has 0 N–H and O–H groups in total. The van der Waals surface area contributed by atoms with Crippen LogP contribution in [0.2, 0.25) is 0 Å². The van der Waals surface area contributed by atoms with E-state index in [9.17, 15) is 19.5 Å². The van der Waals surface area contributed by atoms with Gasteiger partial charge in [-0.15, -0.1) is 0 Å². The van der Waals surface area contributed by atoms with Gasteiger partial charge in [0.1, 0.15) is 18.0 Å². The molecule has 0 spiro atoms. The zero-order valence-electron chi connectivity index (χ0n) is 16.1. The average molecular weight is 405 g/mol. The minimum absolute atomic E-state index is 0.0497. The van der Waals surface area contributed by atoms with E-state index in [4.69, 9.17) is 10.00 Å². The predicted octanol–water partition coefficient (Wildman–Crippen LogP) is 0.715. The summed E-state index contributed by atoms with van der Waals surface area (Å²) < 4.78 is 6.09. The number of carbonyl (C=O) groups is 2. The van der Waals surface area contributed by atoms with Crippen LogP contribution in [0, 0.1) is 11.3 Å². The Hall–Kier alpha value is -4.19. The Morgan fingerprint density at radius 2 is 1.83 bits per heavy atom. The maximum absolute atomic E-state index is 13.1. The number of nitriles is 1. The number of aromatic nitrogens is 2.